The van der Waals surface area contributed by atoms with Gasteiger partial charge in [0.15, 0.2) is 12.6 Å². The third-order valence-corrected chi connectivity index (χ3v) is 6.89. The minimum Gasteiger partial charge on any atom is -0.480 e. The molecule has 1 heterocycles. The summed E-state index contributed by atoms with van der Waals surface area (Å²) in [6.07, 6.45) is 0. The van der Waals surface area contributed by atoms with E-state index in [9.17, 15) is 29.1 Å². The number of aliphatic hydroxyl groups excluding tert-OH is 1. The molecule has 0 spiro atoms. The Kier molecular flexibility index (Phi) is 16.0. The van der Waals surface area contributed by atoms with Crippen molar-refractivity contribution in [2.24, 2.45) is 0 Å². The van der Waals surface area contributed by atoms with Gasteiger partial charge in [-0.05, 0) is 62.3 Å². The SMILES string of the molecule is CC(C)(C)OC(=O)CN1CCNCC[N+](CC(=O)OC(C)(C)C)(C(CO)C(=O)NCC(=O)O)CCN(CC(=O)OC(C)(C)C)CC1. The maximum atomic E-state index is 13.3. The molecule has 15 heteroatoms. The van der Waals surface area contributed by atoms with E-state index >= 15 is 0 Å². The molecule has 0 bridgehead atoms. The Morgan fingerprint density at radius 3 is 1.67 bits per heavy atom. The average molecular weight is 661 g/mol. The zero-order valence-corrected chi connectivity index (χ0v) is 29.3. The standard InChI is InChI=1S/C31H57N5O10/c1-29(2,3)44-25(40)19-34-12-10-32-11-16-36(21-27(42)46-31(7,8)9,23(22-37)28(43)33-18-24(38)39)17-15-35(14-13-34)20-26(41)45-30(4,5)6/h23,32,37H,10-22H2,1-9H3,(H-,33,38,39,43)/p+1. The molecule has 46 heavy (non-hydrogen) atoms. The lowest BCUT2D eigenvalue weighted by Crippen LogP contribution is -2.68. The van der Waals surface area contributed by atoms with Crippen LogP contribution in [0.4, 0.5) is 0 Å². The quantitative estimate of drug-likeness (QED) is 0.128. The van der Waals surface area contributed by atoms with Crippen molar-refractivity contribution in [2.75, 3.05) is 85.1 Å². The van der Waals surface area contributed by atoms with Crippen LogP contribution in [0, 0.1) is 0 Å². The Morgan fingerprint density at radius 2 is 1.22 bits per heavy atom. The summed E-state index contributed by atoms with van der Waals surface area (Å²) in [4.78, 5) is 67.2. The van der Waals surface area contributed by atoms with E-state index in [2.05, 4.69) is 10.6 Å². The number of carbonyl (C=O) groups excluding carboxylic acids is 4. The number of nitrogens with one attached hydrogen (secondary N) is 2. The van der Waals surface area contributed by atoms with E-state index in [1.54, 1.807) is 62.3 Å². The van der Waals surface area contributed by atoms with E-state index in [4.69, 9.17) is 19.3 Å². The van der Waals surface area contributed by atoms with E-state index in [0.29, 0.717) is 32.7 Å². The van der Waals surface area contributed by atoms with Crippen LogP contribution in [0.1, 0.15) is 62.3 Å². The molecular weight excluding hydrogens is 602 g/mol. The minimum atomic E-state index is -1.25. The van der Waals surface area contributed by atoms with Crippen LogP contribution in [-0.4, -0.2) is 162 Å². The van der Waals surface area contributed by atoms with Crippen LogP contribution in [-0.2, 0) is 38.2 Å². The van der Waals surface area contributed by atoms with Crippen LogP contribution < -0.4 is 10.6 Å². The third kappa shape index (κ3) is 17.2. The first-order valence-electron chi connectivity index (χ1n) is 15.8. The lowest BCUT2D eigenvalue weighted by atomic mass is 10.1. The normalized spacial score (nSPS) is 20.4. The van der Waals surface area contributed by atoms with Gasteiger partial charge in [0.05, 0.1) is 26.2 Å². The summed E-state index contributed by atoms with van der Waals surface area (Å²) in [5.41, 5.74) is -2.18. The molecule has 4 N–H and O–H groups in total. The molecule has 2 atom stereocenters. The first kappa shape index (κ1) is 41.2. The van der Waals surface area contributed by atoms with Gasteiger partial charge in [0.1, 0.15) is 30.0 Å². The van der Waals surface area contributed by atoms with Crippen molar-refractivity contribution in [3.05, 3.63) is 0 Å². The smallest absolute Gasteiger partial charge is 0.362 e. The van der Waals surface area contributed by atoms with Crippen molar-refractivity contribution in [3.63, 3.8) is 0 Å². The molecule has 0 radical (unpaired) electrons. The molecule has 0 saturated carbocycles. The van der Waals surface area contributed by atoms with E-state index in [-0.39, 0.29) is 49.7 Å². The largest absolute Gasteiger partial charge is 0.480 e. The summed E-state index contributed by atoms with van der Waals surface area (Å²) in [7, 11) is 0. The predicted octanol–water partition coefficient (Wildman–Crippen LogP) is -0.403. The lowest BCUT2D eigenvalue weighted by Gasteiger charge is -2.44. The zero-order valence-electron chi connectivity index (χ0n) is 29.3. The number of esters is 3. The fourth-order valence-corrected chi connectivity index (χ4v) is 5.05. The molecule has 15 nitrogen and oxygen atoms in total. The molecule has 2 unspecified atom stereocenters. The molecule has 1 saturated heterocycles. The second-order valence-electron chi connectivity index (χ2n) is 14.7. The summed E-state index contributed by atoms with van der Waals surface area (Å²) in [5.74, 6) is -3.40. The fourth-order valence-electron chi connectivity index (χ4n) is 5.05. The molecule has 1 amide bonds. The number of carbonyl (C=O) groups is 5. The number of ether oxygens (including phenoxy) is 3. The van der Waals surface area contributed by atoms with Crippen molar-refractivity contribution >= 4 is 29.8 Å². The van der Waals surface area contributed by atoms with E-state index in [1.807, 2.05) is 9.80 Å². The van der Waals surface area contributed by atoms with E-state index < -0.39 is 59.8 Å². The average Bonchev–Trinajstić information content (AvgIpc) is 2.84. The first-order valence-corrected chi connectivity index (χ1v) is 15.8. The molecule has 1 aliphatic rings. The van der Waals surface area contributed by atoms with Gasteiger partial charge in [-0.15, -0.1) is 0 Å². The number of amides is 1. The van der Waals surface area contributed by atoms with Crippen LogP contribution >= 0.6 is 0 Å². The maximum absolute atomic E-state index is 13.3. The molecule has 0 aromatic rings. The highest BCUT2D eigenvalue weighted by Crippen LogP contribution is 2.19. The Labute approximate surface area is 273 Å². The Balaban J connectivity index is 3.47. The van der Waals surface area contributed by atoms with Crippen molar-refractivity contribution in [1.82, 2.24) is 20.4 Å². The molecule has 266 valence electrons. The van der Waals surface area contributed by atoms with Gasteiger partial charge in [0, 0.05) is 39.3 Å². The number of quaternary nitrogens is 1. The van der Waals surface area contributed by atoms with Crippen molar-refractivity contribution in [3.8, 4) is 0 Å². The van der Waals surface area contributed by atoms with Crippen LogP contribution in [0.5, 0.6) is 0 Å². The molecule has 0 aromatic heterocycles. The van der Waals surface area contributed by atoms with Gasteiger partial charge in [-0.2, -0.15) is 0 Å². The highest BCUT2D eigenvalue weighted by Gasteiger charge is 2.44. The summed E-state index contributed by atoms with van der Waals surface area (Å²) in [6.45, 7) is 16.7. The Hall–Kier alpha value is -2.85. The van der Waals surface area contributed by atoms with Gasteiger partial charge >= 0.3 is 23.9 Å². The summed E-state index contributed by atoms with van der Waals surface area (Å²) >= 11 is 0. The number of nitrogens with zero attached hydrogens (tertiary/aromatic N) is 3. The number of carboxylic acids is 1. The monoisotopic (exact) mass is 660 g/mol. The molecule has 1 aliphatic heterocycles. The van der Waals surface area contributed by atoms with Gasteiger partial charge in [0.25, 0.3) is 5.91 Å². The third-order valence-electron chi connectivity index (χ3n) is 6.89. The van der Waals surface area contributed by atoms with Crippen LogP contribution in [0.15, 0.2) is 0 Å². The fraction of sp³-hybridized carbons (Fsp3) is 0.839. The maximum Gasteiger partial charge on any atom is 0.362 e. The lowest BCUT2D eigenvalue weighted by molar-refractivity contribution is -0.935. The number of aliphatic carboxylic acids is 1. The van der Waals surface area contributed by atoms with Crippen molar-refractivity contribution in [2.45, 2.75) is 85.2 Å². The molecule has 0 aliphatic carbocycles. The van der Waals surface area contributed by atoms with Gasteiger partial charge in [-0.25, -0.2) is 4.79 Å². The number of carboxylic acid groups (broad SMARTS) is 1. The summed E-state index contributed by atoms with van der Waals surface area (Å²) in [5, 5.41) is 25.3. The predicted molar refractivity (Wildman–Crippen MR) is 170 cm³/mol. The van der Waals surface area contributed by atoms with Gasteiger partial charge in [0.2, 0.25) is 0 Å². The van der Waals surface area contributed by atoms with Gasteiger partial charge < -0.3 is 39.5 Å². The molecule has 0 aromatic carbocycles. The number of aliphatic hydroxyl groups is 1. The number of hydrogen-bond donors (Lipinski definition) is 4. The van der Waals surface area contributed by atoms with Crippen molar-refractivity contribution in [1.29, 1.82) is 0 Å². The Bertz CT molecular complexity index is 1030. The summed E-state index contributed by atoms with van der Waals surface area (Å²) < 4.78 is 16.5. The highest BCUT2D eigenvalue weighted by atomic mass is 16.6. The Morgan fingerprint density at radius 1 is 0.739 bits per heavy atom. The van der Waals surface area contributed by atoms with E-state index in [1.165, 1.54) is 0 Å². The van der Waals surface area contributed by atoms with Crippen LogP contribution in [0.25, 0.3) is 0 Å². The minimum absolute atomic E-state index is 0.0498. The van der Waals surface area contributed by atoms with Crippen molar-refractivity contribution < 1.29 is 52.9 Å². The first-order chi connectivity index (χ1) is 21.0. The second kappa shape index (κ2) is 17.9. The zero-order chi connectivity index (χ0) is 35.3. The second-order valence-corrected chi connectivity index (χ2v) is 14.7. The van der Waals surface area contributed by atoms with Crippen LogP contribution in [0.2, 0.25) is 0 Å². The molecule has 1 fully saturated rings. The summed E-state index contributed by atoms with van der Waals surface area (Å²) in [6, 6.07) is -1.20. The highest BCUT2D eigenvalue weighted by molar-refractivity contribution is 5.84. The topological polar surface area (TPSA) is 184 Å². The number of hydrogen-bond acceptors (Lipinski definition) is 12. The molecular formula is C31H58N5O10+. The van der Waals surface area contributed by atoms with Crippen LogP contribution in [0.3, 0.4) is 0 Å². The van der Waals surface area contributed by atoms with Gasteiger partial charge in [-0.1, -0.05) is 0 Å². The van der Waals surface area contributed by atoms with Gasteiger partial charge in [-0.3, -0.25) is 29.0 Å². The molecule has 1 rings (SSSR count). The number of rotatable bonds is 11. The van der Waals surface area contributed by atoms with E-state index in [0.717, 1.165) is 0 Å².